The average molecular weight is 243 g/mol. The van der Waals surface area contributed by atoms with Crippen molar-refractivity contribution < 1.29 is 4.79 Å². The van der Waals surface area contributed by atoms with Gasteiger partial charge in [0.25, 0.3) is 5.91 Å². The normalized spacial score (nSPS) is 9.22. The number of nitrogens with zero attached hydrogens (tertiary/aromatic N) is 4. The Kier molecular flexibility index (Phi) is 5.14. The van der Waals surface area contributed by atoms with Crippen LogP contribution >= 0.6 is 0 Å². The molecule has 2 N–H and O–H groups in total. The van der Waals surface area contributed by atoms with Crippen LogP contribution in [0.4, 0.5) is 5.69 Å². The molecule has 0 spiro atoms. The Morgan fingerprint density at radius 1 is 1.28 bits per heavy atom. The highest BCUT2D eigenvalue weighted by atomic mass is 16.2. The van der Waals surface area contributed by atoms with Crippen molar-refractivity contribution in [2.24, 2.45) is 0 Å². The van der Waals surface area contributed by atoms with Gasteiger partial charge in [-0.25, -0.2) is 4.98 Å². The smallest absolute Gasteiger partial charge is 0.272 e. The summed E-state index contributed by atoms with van der Waals surface area (Å²) in [7, 11) is 0. The van der Waals surface area contributed by atoms with E-state index in [2.05, 4.69) is 4.98 Å². The summed E-state index contributed by atoms with van der Waals surface area (Å²) in [6.45, 7) is 0.589. The van der Waals surface area contributed by atoms with Gasteiger partial charge in [0, 0.05) is 13.1 Å². The lowest BCUT2D eigenvalue weighted by Crippen LogP contribution is -2.33. The van der Waals surface area contributed by atoms with Crippen LogP contribution in [0.3, 0.4) is 0 Å². The zero-order valence-corrected chi connectivity index (χ0v) is 9.83. The van der Waals surface area contributed by atoms with Crippen LogP contribution in [0.1, 0.15) is 23.3 Å². The van der Waals surface area contributed by atoms with Crippen LogP contribution in [0.2, 0.25) is 0 Å². The van der Waals surface area contributed by atoms with Gasteiger partial charge in [-0.2, -0.15) is 10.5 Å². The predicted molar refractivity (Wildman–Crippen MR) is 65.0 cm³/mol. The van der Waals surface area contributed by atoms with Gasteiger partial charge in [-0.1, -0.05) is 0 Å². The number of pyridine rings is 1. The lowest BCUT2D eigenvalue weighted by atomic mass is 10.2. The summed E-state index contributed by atoms with van der Waals surface area (Å²) in [5, 5.41) is 17.1. The van der Waals surface area contributed by atoms with Gasteiger partial charge >= 0.3 is 0 Å². The molecular formula is C12H13N5O. The summed E-state index contributed by atoms with van der Waals surface area (Å²) in [4.78, 5) is 17.5. The highest BCUT2D eigenvalue weighted by Crippen LogP contribution is 2.06. The van der Waals surface area contributed by atoms with E-state index < -0.39 is 0 Å². The number of anilines is 1. The zero-order valence-electron chi connectivity index (χ0n) is 9.83. The zero-order chi connectivity index (χ0) is 13.4. The van der Waals surface area contributed by atoms with E-state index in [1.54, 1.807) is 6.07 Å². The molecule has 1 heterocycles. The molecule has 6 nitrogen and oxygen atoms in total. The van der Waals surface area contributed by atoms with Crippen molar-refractivity contribution in [2.75, 3.05) is 18.8 Å². The van der Waals surface area contributed by atoms with Crippen molar-refractivity contribution in [1.29, 1.82) is 10.5 Å². The summed E-state index contributed by atoms with van der Waals surface area (Å²) < 4.78 is 0. The molecule has 0 radical (unpaired) electrons. The van der Waals surface area contributed by atoms with Crippen molar-refractivity contribution >= 4 is 11.6 Å². The third kappa shape index (κ3) is 3.76. The van der Waals surface area contributed by atoms with Crippen molar-refractivity contribution in [3.63, 3.8) is 0 Å². The molecule has 92 valence electrons. The van der Waals surface area contributed by atoms with E-state index >= 15 is 0 Å². The van der Waals surface area contributed by atoms with Crippen LogP contribution in [-0.2, 0) is 0 Å². The van der Waals surface area contributed by atoms with Crippen LogP contribution in [0.25, 0.3) is 0 Å². The van der Waals surface area contributed by atoms with Crippen LogP contribution in [-0.4, -0.2) is 28.9 Å². The third-order valence-corrected chi connectivity index (χ3v) is 2.28. The van der Waals surface area contributed by atoms with Gasteiger partial charge in [-0.3, -0.25) is 4.79 Å². The molecule has 0 unspecified atom stereocenters. The quantitative estimate of drug-likeness (QED) is 0.827. The molecule has 0 saturated carbocycles. The minimum Gasteiger partial charge on any atom is -0.397 e. The summed E-state index contributed by atoms with van der Waals surface area (Å²) in [6.07, 6.45) is 1.86. The number of nitrogen functional groups attached to an aromatic ring is 1. The molecule has 0 aliphatic heterocycles. The predicted octanol–water partition coefficient (Wildman–Crippen LogP) is 0.933. The average Bonchev–Trinajstić information content (AvgIpc) is 2.39. The van der Waals surface area contributed by atoms with E-state index in [0.717, 1.165) is 0 Å². The highest BCUT2D eigenvalue weighted by Gasteiger charge is 2.16. The highest BCUT2D eigenvalue weighted by molar-refractivity contribution is 5.92. The first-order valence-corrected chi connectivity index (χ1v) is 5.43. The number of nitrogens with two attached hydrogens (primary N) is 1. The van der Waals surface area contributed by atoms with Gasteiger partial charge in [0.05, 0.1) is 36.9 Å². The van der Waals surface area contributed by atoms with Gasteiger partial charge in [-0.15, -0.1) is 0 Å². The second kappa shape index (κ2) is 6.87. The van der Waals surface area contributed by atoms with Crippen molar-refractivity contribution in [3.05, 3.63) is 24.0 Å². The number of hydrogen-bond acceptors (Lipinski definition) is 5. The minimum absolute atomic E-state index is 0.228. The van der Waals surface area contributed by atoms with E-state index in [0.29, 0.717) is 18.8 Å². The molecule has 6 heteroatoms. The van der Waals surface area contributed by atoms with Crippen molar-refractivity contribution in [3.8, 4) is 12.1 Å². The Morgan fingerprint density at radius 2 is 1.89 bits per heavy atom. The van der Waals surface area contributed by atoms with E-state index in [-0.39, 0.29) is 24.4 Å². The molecular weight excluding hydrogens is 230 g/mol. The topological polar surface area (TPSA) is 107 Å². The molecule has 0 saturated heterocycles. The van der Waals surface area contributed by atoms with E-state index in [1.807, 2.05) is 12.1 Å². The summed E-state index contributed by atoms with van der Waals surface area (Å²) in [5.74, 6) is -0.291. The fourth-order valence-electron chi connectivity index (χ4n) is 1.38. The maximum Gasteiger partial charge on any atom is 0.272 e. The number of rotatable bonds is 5. The van der Waals surface area contributed by atoms with E-state index in [9.17, 15) is 4.79 Å². The maximum atomic E-state index is 12.1. The molecule has 0 aliphatic rings. The number of amides is 1. The largest absolute Gasteiger partial charge is 0.397 e. The number of aromatic nitrogens is 1. The molecule has 0 aromatic carbocycles. The van der Waals surface area contributed by atoms with Gasteiger partial charge < -0.3 is 10.6 Å². The number of carbonyl (C=O) groups excluding carboxylic acids is 1. The monoisotopic (exact) mass is 243 g/mol. The SMILES string of the molecule is N#CCCN(CCC#N)C(=O)c1ccc(N)cn1. The second-order valence-corrected chi connectivity index (χ2v) is 3.59. The molecule has 1 amide bonds. The lowest BCUT2D eigenvalue weighted by Gasteiger charge is -2.19. The summed E-state index contributed by atoms with van der Waals surface area (Å²) in [6, 6.07) is 7.07. The maximum absolute atomic E-state index is 12.1. The summed E-state index contributed by atoms with van der Waals surface area (Å²) >= 11 is 0. The van der Waals surface area contributed by atoms with Crippen LogP contribution < -0.4 is 5.73 Å². The lowest BCUT2D eigenvalue weighted by molar-refractivity contribution is 0.0756. The van der Waals surface area contributed by atoms with Crippen molar-refractivity contribution in [2.45, 2.75) is 12.8 Å². The molecule has 18 heavy (non-hydrogen) atoms. The van der Waals surface area contributed by atoms with Gasteiger partial charge in [-0.05, 0) is 12.1 Å². The van der Waals surface area contributed by atoms with Gasteiger partial charge in [0.2, 0.25) is 0 Å². The molecule has 1 rings (SSSR count). The molecule has 0 bridgehead atoms. The van der Waals surface area contributed by atoms with E-state index in [4.69, 9.17) is 16.3 Å². The number of hydrogen-bond donors (Lipinski definition) is 1. The fourth-order valence-corrected chi connectivity index (χ4v) is 1.38. The van der Waals surface area contributed by atoms with E-state index in [1.165, 1.54) is 17.2 Å². The Labute approximate surface area is 105 Å². The first-order chi connectivity index (χ1) is 8.69. The number of nitriles is 2. The second-order valence-electron chi connectivity index (χ2n) is 3.59. The third-order valence-electron chi connectivity index (χ3n) is 2.28. The van der Waals surface area contributed by atoms with Crippen LogP contribution in [0.5, 0.6) is 0 Å². The first-order valence-electron chi connectivity index (χ1n) is 5.43. The Hall–Kier alpha value is -2.60. The summed E-state index contributed by atoms with van der Waals surface area (Å²) in [5.41, 5.74) is 6.23. The fraction of sp³-hybridized carbons (Fsp3) is 0.333. The Balaban J connectivity index is 2.78. The molecule has 0 atom stereocenters. The Morgan fingerprint density at radius 3 is 2.33 bits per heavy atom. The molecule has 1 aromatic rings. The van der Waals surface area contributed by atoms with Crippen LogP contribution in [0, 0.1) is 22.7 Å². The van der Waals surface area contributed by atoms with Gasteiger partial charge in [0.1, 0.15) is 5.69 Å². The molecule has 0 fully saturated rings. The van der Waals surface area contributed by atoms with Crippen molar-refractivity contribution in [1.82, 2.24) is 9.88 Å². The minimum atomic E-state index is -0.291. The van der Waals surface area contributed by atoms with Gasteiger partial charge in [0.15, 0.2) is 0 Å². The molecule has 0 aliphatic carbocycles. The first kappa shape index (κ1) is 13.5. The Bertz CT molecular complexity index is 465. The van der Waals surface area contributed by atoms with Crippen LogP contribution in [0.15, 0.2) is 18.3 Å². The number of carbonyl (C=O) groups is 1. The molecule has 1 aromatic heterocycles. The standard InChI is InChI=1S/C12H13N5O/c13-5-1-7-17(8-2-6-14)12(18)11-4-3-10(15)9-16-11/h3-4,9H,1-2,7-8,15H2.